The van der Waals surface area contributed by atoms with Gasteiger partial charge in [-0.25, -0.2) is 0 Å². The van der Waals surface area contributed by atoms with E-state index >= 15 is 0 Å². The maximum Gasteiger partial charge on any atom is 0.00924 e. The van der Waals surface area contributed by atoms with Crippen molar-refractivity contribution in [3.05, 3.63) is 0 Å². The van der Waals surface area contributed by atoms with Gasteiger partial charge in [0.05, 0.1) is 0 Å². The van der Waals surface area contributed by atoms with Gasteiger partial charge in [0.15, 0.2) is 0 Å². The van der Waals surface area contributed by atoms with Crippen LogP contribution in [0.25, 0.3) is 0 Å². The third-order valence-electron chi connectivity index (χ3n) is 4.03. The average Bonchev–Trinajstić information content (AvgIpc) is 2.29. The summed E-state index contributed by atoms with van der Waals surface area (Å²) in [5.74, 6) is 2.02. The second-order valence-electron chi connectivity index (χ2n) is 5.53. The third-order valence-corrected chi connectivity index (χ3v) is 4.34. The van der Waals surface area contributed by atoms with Gasteiger partial charge in [-0.1, -0.05) is 19.8 Å². The molecule has 2 heteroatoms. The number of hydrogen-bond acceptors (Lipinski definition) is 2. The minimum absolute atomic E-state index is 0.876. The van der Waals surface area contributed by atoms with Gasteiger partial charge in [-0.2, -0.15) is 12.6 Å². The number of nitrogens with zero attached hydrogens (tertiary/aromatic N) is 1. The van der Waals surface area contributed by atoms with Crippen molar-refractivity contribution < 1.29 is 0 Å². The lowest BCUT2D eigenvalue weighted by Gasteiger charge is -2.33. The molecule has 0 aromatic rings. The molecule has 0 aromatic heterocycles. The normalized spacial score (nSPS) is 26.2. The Balaban J connectivity index is 2.03. The summed E-state index contributed by atoms with van der Waals surface area (Å²) < 4.78 is 0. The van der Waals surface area contributed by atoms with Gasteiger partial charge in [-0.05, 0) is 63.8 Å². The average molecular weight is 243 g/mol. The number of unbranched alkanes of at least 4 members (excludes halogenated alkanes) is 3. The largest absolute Gasteiger partial charge is 0.303 e. The fourth-order valence-electron chi connectivity index (χ4n) is 2.69. The molecule has 1 nitrogen and oxygen atoms in total. The summed E-state index contributed by atoms with van der Waals surface area (Å²) >= 11 is 4.24. The Kier molecular flexibility index (Phi) is 7.55. The topological polar surface area (TPSA) is 3.24 Å². The van der Waals surface area contributed by atoms with Crippen molar-refractivity contribution in [1.29, 1.82) is 0 Å². The third kappa shape index (κ3) is 5.58. The minimum Gasteiger partial charge on any atom is -0.303 e. The van der Waals surface area contributed by atoms with Crippen molar-refractivity contribution >= 4 is 12.6 Å². The fraction of sp³-hybridized carbons (Fsp3) is 1.00. The first-order valence-electron chi connectivity index (χ1n) is 7.05. The summed E-state index contributed by atoms with van der Waals surface area (Å²) in [6, 6.07) is 0.876. The molecule has 1 saturated carbocycles. The molecule has 0 aliphatic heterocycles. The lowest BCUT2D eigenvalue weighted by atomic mass is 9.87. The highest BCUT2D eigenvalue weighted by Crippen LogP contribution is 2.26. The van der Waals surface area contributed by atoms with Crippen molar-refractivity contribution in [2.45, 2.75) is 64.3 Å². The van der Waals surface area contributed by atoms with E-state index in [1.165, 1.54) is 57.9 Å². The van der Waals surface area contributed by atoms with E-state index in [0.717, 1.165) is 17.7 Å². The summed E-state index contributed by atoms with van der Waals surface area (Å²) in [5, 5.41) is 0. The van der Waals surface area contributed by atoms with E-state index in [4.69, 9.17) is 0 Å². The quantitative estimate of drug-likeness (QED) is 0.523. The van der Waals surface area contributed by atoms with E-state index in [1.807, 2.05) is 0 Å². The first-order valence-corrected chi connectivity index (χ1v) is 7.68. The van der Waals surface area contributed by atoms with Crippen LogP contribution in [0, 0.1) is 5.92 Å². The van der Waals surface area contributed by atoms with Gasteiger partial charge in [0.25, 0.3) is 0 Å². The maximum absolute atomic E-state index is 4.24. The molecular formula is C14H29NS. The fourth-order valence-corrected chi connectivity index (χ4v) is 2.92. The highest BCUT2D eigenvalue weighted by Gasteiger charge is 2.20. The predicted octanol–water partition coefficient (Wildman–Crippen LogP) is 3.99. The SMILES string of the molecule is CC1CCC(N(C)CCCCCCS)CC1. The number of hydrogen-bond donors (Lipinski definition) is 1. The Morgan fingerprint density at radius 1 is 1.00 bits per heavy atom. The Hall–Kier alpha value is 0.310. The lowest BCUT2D eigenvalue weighted by Crippen LogP contribution is -2.35. The monoisotopic (exact) mass is 243 g/mol. The molecule has 0 N–H and O–H groups in total. The zero-order valence-corrected chi connectivity index (χ0v) is 12.0. The second kappa shape index (κ2) is 8.41. The molecule has 0 unspecified atom stereocenters. The predicted molar refractivity (Wildman–Crippen MR) is 76.4 cm³/mol. The summed E-state index contributed by atoms with van der Waals surface area (Å²) in [6.45, 7) is 3.69. The molecule has 96 valence electrons. The molecule has 16 heavy (non-hydrogen) atoms. The molecule has 0 amide bonds. The van der Waals surface area contributed by atoms with E-state index < -0.39 is 0 Å². The van der Waals surface area contributed by atoms with E-state index in [9.17, 15) is 0 Å². The van der Waals surface area contributed by atoms with Crippen molar-refractivity contribution in [3.8, 4) is 0 Å². The van der Waals surface area contributed by atoms with Crippen molar-refractivity contribution in [2.75, 3.05) is 19.3 Å². The van der Waals surface area contributed by atoms with Crippen LogP contribution in [0.4, 0.5) is 0 Å². The molecule has 0 spiro atoms. The zero-order valence-electron chi connectivity index (χ0n) is 11.1. The lowest BCUT2D eigenvalue weighted by molar-refractivity contribution is 0.168. The zero-order chi connectivity index (χ0) is 11.8. The van der Waals surface area contributed by atoms with E-state index in [0.29, 0.717) is 0 Å². The van der Waals surface area contributed by atoms with Crippen molar-refractivity contribution in [2.24, 2.45) is 5.92 Å². The molecule has 0 radical (unpaired) electrons. The highest BCUT2D eigenvalue weighted by atomic mass is 32.1. The van der Waals surface area contributed by atoms with Crippen molar-refractivity contribution in [3.63, 3.8) is 0 Å². The Morgan fingerprint density at radius 3 is 2.25 bits per heavy atom. The van der Waals surface area contributed by atoms with Gasteiger partial charge in [-0.15, -0.1) is 0 Å². The van der Waals surface area contributed by atoms with Crippen LogP contribution >= 0.6 is 12.6 Å². The van der Waals surface area contributed by atoms with Crippen LogP contribution in [0.5, 0.6) is 0 Å². The molecule has 1 aliphatic rings. The van der Waals surface area contributed by atoms with E-state index in [-0.39, 0.29) is 0 Å². The molecule has 0 aromatic carbocycles. The van der Waals surface area contributed by atoms with Gasteiger partial charge < -0.3 is 4.90 Å². The highest BCUT2D eigenvalue weighted by molar-refractivity contribution is 7.80. The van der Waals surface area contributed by atoms with Gasteiger partial charge in [0.2, 0.25) is 0 Å². The van der Waals surface area contributed by atoms with Gasteiger partial charge in [0, 0.05) is 6.04 Å². The van der Waals surface area contributed by atoms with E-state index in [2.05, 4.69) is 31.5 Å². The molecule has 1 rings (SSSR count). The molecule has 1 fully saturated rings. The minimum atomic E-state index is 0.876. The van der Waals surface area contributed by atoms with E-state index in [1.54, 1.807) is 0 Å². The molecule has 1 aliphatic carbocycles. The first-order chi connectivity index (χ1) is 7.74. The van der Waals surface area contributed by atoms with Crippen LogP contribution in [0.15, 0.2) is 0 Å². The Morgan fingerprint density at radius 2 is 1.62 bits per heavy atom. The molecule has 0 saturated heterocycles. The van der Waals surface area contributed by atoms with Gasteiger partial charge in [-0.3, -0.25) is 0 Å². The Labute approximate surface area is 107 Å². The molecule has 0 heterocycles. The molecular weight excluding hydrogens is 214 g/mol. The second-order valence-corrected chi connectivity index (χ2v) is 5.98. The Bertz CT molecular complexity index is 164. The standard InChI is InChI=1S/C14H29NS/c1-13-7-9-14(10-8-13)15(2)11-5-3-4-6-12-16/h13-14,16H,3-12H2,1-2H3. The summed E-state index contributed by atoms with van der Waals surface area (Å²) in [4.78, 5) is 2.60. The van der Waals surface area contributed by atoms with Crippen LogP contribution < -0.4 is 0 Å². The smallest absolute Gasteiger partial charge is 0.00924 e. The summed E-state index contributed by atoms with van der Waals surface area (Å²) in [5.41, 5.74) is 0. The molecule has 0 bridgehead atoms. The number of rotatable bonds is 7. The van der Waals surface area contributed by atoms with Crippen LogP contribution in [0.3, 0.4) is 0 Å². The van der Waals surface area contributed by atoms with Gasteiger partial charge in [0.1, 0.15) is 0 Å². The number of thiol groups is 1. The van der Waals surface area contributed by atoms with Crippen LogP contribution in [0.2, 0.25) is 0 Å². The molecule has 0 atom stereocenters. The summed E-state index contributed by atoms with van der Waals surface area (Å²) in [6.07, 6.45) is 11.1. The first kappa shape index (κ1) is 14.4. The summed E-state index contributed by atoms with van der Waals surface area (Å²) in [7, 11) is 2.32. The van der Waals surface area contributed by atoms with Crippen LogP contribution in [-0.2, 0) is 0 Å². The maximum atomic E-state index is 4.24. The van der Waals surface area contributed by atoms with Gasteiger partial charge >= 0.3 is 0 Å². The van der Waals surface area contributed by atoms with Crippen molar-refractivity contribution in [1.82, 2.24) is 4.90 Å². The van der Waals surface area contributed by atoms with Crippen LogP contribution in [-0.4, -0.2) is 30.3 Å². The van der Waals surface area contributed by atoms with Crippen LogP contribution in [0.1, 0.15) is 58.3 Å².